The number of pyridine rings is 1. The van der Waals surface area contributed by atoms with Gasteiger partial charge in [-0.2, -0.15) is 13.2 Å². The number of benzene rings is 1. The molecule has 0 aliphatic carbocycles. The predicted molar refractivity (Wildman–Crippen MR) is 87.6 cm³/mol. The molecule has 2 heterocycles. The highest BCUT2D eigenvalue weighted by molar-refractivity contribution is 6.30. The summed E-state index contributed by atoms with van der Waals surface area (Å²) < 4.78 is 39.9. The Morgan fingerprint density at radius 3 is 2.52 bits per heavy atom. The molecule has 0 radical (unpaired) electrons. The van der Waals surface area contributed by atoms with Crippen LogP contribution in [0, 0.1) is 6.92 Å². The minimum Gasteiger partial charge on any atom is -0.347 e. The summed E-state index contributed by atoms with van der Waals surface area (Å²) in [5.74, 6) is -0.501. The molecule has 0 aliphatic heterocycles. The van der Waals surface area contributed by atoms with E-state index in [9.17, 15) is 18.0 Å². The number of rotatable bonds is 3. The second-order valence-electron chi connectivity index (χ2n) is 5.50. The lowest BCUT2D eigenvalue weighted by atomic mass is 10.2. The van der Waals surface area contributed by atoms with Crippen molar-refractivity contribution in [3.8, 4) is 0 Å². The predicted octanol–water partition coefficient (Wildman–Crippen LogP) is 4.24. The summed E-state index contributed by atoms with van der Waals surface area (Å²) in [5, 5.41) is 3.26. The molecule has 3 rings (SSSR count). The summed E-state index contributed by atoms with van der Waals surface area (Å²) in [4.78, 5) is 16.6. The van der Waals surface area contributed by atoms with Gasteiger partial charge in [0.05, 0.1) is 11.3 Å². The lowest BCUT2D eigenvalue weighted by Gasteiger charge is -2.09. The monoisotopic (exact) mass is 367 g/mol. The second kappa shape index (κ2) is 6.40. The van der Waals surface area contributed by atoms with Gasteiger partial charge < -0.3 is 5.32 Å². The molecule has 1 N–H and O–H groups in total. The Labute approximate surface area is 146 Å². The Hall–Kier alpha value is -2.54. The van der Waals surface area contributed by atoms with Crippen LogP contribution in [-0.2, 0) is 12.7 Å². The van der Waals surface area contributed by atoms with Gasteiger partial charge in [0.2, 0.25) is 0 Å². The number of amides is 1. The fraction of sp³-hybridized carbons (Fsp3) is 0.176. The number of nitrogens with zero attached hydrogens (tertiary/aromatic N) is 2. The minimum absolute atomic E-state index is 0.0788. The molecule has 0 aliphatic rings. The Kier molecular flexibility index (Phi) is 4.43. The number of aryl methyl sites for hydroxylation is 1. The average Bonchev–Trinajstić information content (AvgIpc) is 2.88. The number of halogens is 4. The number of nitrogens with one attached hydrogen (secondary N) is 1. The molecule has 0 fully saturated rings. The number of imidazole rings is 1. The standard InChI is InChI=1S/C17H13ClF3N3O/c1-10-15(16(25)22-8-11-2-5-13(18)6-3-11)24-9-12(17(19,20)21)4-7-14(24)23-10/h2-7,9H,8H2,1H3,(H,22,25). The van der Waals surface area contributed by atoms with Crippen LogP contribution in [0.3, 0.4) is 0 Å². The largest absolute Gasteiger partial charge is 0.417 e. The molecule has 1 aromatic carbocycles. The van der Waals surface area contributed by atoms with Crippen LogP contribution < -0.4 is 5.32 Å². The van der Waals surface area contributed by atoms with Gasteiger partial charge in [-0.05, 0) is 36.8 Å². The van der Waals surface area contributed by atoms with Gasteiger partial charge in [-0.3, -0.25) is 9.20 Å². The van der Waals surface area contributed by atoms with E-state index in [-0.39, 0.29) is 17.9 Å². The maximum absolute atomic E-state index is 12.9. The van der Waals surface area contributed by atoms with Crippen LogP contribution in [-0.4, -0.2) is 15.3 Å². The van der Waals surface area contributed by atoms with E-state index in [1.165, 1.54) is 6.07 Å². The topological polar surface area (TPSA) is 46.4 Å². The van der Waals surface area contributed by atoms with Gasteiger partial charge in [-0.1, -0.05) is 23.7 Å². The fourth-order valence-electron chi connectivity index (χ4n) is 2.47. The first kappa shape index (κ1) is 17.3. The molecule has 8 heteroatoms. The number of carbonyl (C=O) groups excluding carboxylic acids is 1. The Morgan fingerprint density at radius 2 is 1.88 bits per heavy atom. The molecule has 2 aromatic heterocycles. The average molecular weight is 368 g/mol. The molecule has 0 unspecified atom stereocenters. The molecule has 4 nitrogen and oxygen atoms in total. The third kappa shape index (κ3) is 3.61. The van der Waals surface area contributed by atoms with Gasteiger partial charge in [0.15, 0.2) is 0 Å². The molecule has 0 saturated carbocycles. The quantitative estimate of drug-likeness (QED) is 0.752. The first-order valence-electron chi connectivity index (χ1n) is 7.34. The zero-order chi connectivity index (χ0) is 18.2. The van der Waals surface area contributed by atoms with E-state index in [1.807, 2.05) is 0 Å². The van der Waals surface area contributed by atoms with E-state index < -0.39 is 17.6 Å². The van der Waals surface area contributed by atoms with Gasteiger partial charge in [-0.15, -0.1) is 0 Å². The molecular weight excluding hydrogens is 355 g/mol. The van der Waals surface area contributed by atoms with Gasteiger partial charge in [-0.25, -0.2) is 4.98 Å². The summed E-state index contributed by atoms with van der Waals surface area (Å²) in [5.41, 5.74) is 0.689. The zero-order valence-corrected chi connectivity index (χ0v) is 13.8. The van der Waals surface area contributed by atoms with Crippen molar-refractivity contribution in [3.05, 3.63) is 70.1 Å². The highest BCUT2D eigenvalue weighted by Gasteiger charge is 2.31. The van der Waals surface area contributed by atoms with E-state index in [4.69, 9.17) is 11.6 Å². The van der Waals surface area contributed by atoms with Crippen LogP contribution in [0.2, 0.25) is 5.02 Å². The highest BCUT2D eigenvalue weighted by atomic mass is 35.5. The molecule has 0 spiro atoms. The molecule has 25 heavy (non-hydrogen) atoms. The smallest absolute Gasteiger partial charge is 0.347 e. The number of hydrogen-bond donors (Lipinski definition) is 1. The highest BCUT2D eigenvalue weighted by Crippen LogP contribution is 2.29. The minimum atomic E-state index is -4.50. The number of alkyl halides is 3. The third-order valence-corrected chi connectivity index (χ3v) is 3.95. The Balaban J connectivity index is 1.89. The van der Waals surface area contributed by atoms with Crippen molar-refractivity contribution in [1.29, 1.82) is 0 Å². The van der Waals surface area contributed by atoms with Crippen LogP contribution >= 0.6 is 11.6 Å². The molecule has 0 bridgehead atoms. The van der Waals surface area contributed by atoms with E-state index in [0.29, 0.717) is 10.7 Å². The van der Waals surface area contributed by atoms with Crippen molar-refractivity contribution in [2.45, 2.75) is 19.6 Å². The van der Waals surface area contributed by atoms with Crippen molar-refractivity contribution in [1.82, 2.24) is 14.7 Å². The maximum Gasteiger partial charge on any atom is 0.417 e. The Bertz CT molecular complexity index is 933. The lowest BCUT2D eigenvalue weighted by Crippen LogP contribution is -2.25. The van der Waals surface area contributed by atoms with Crippen LogP contribution in [0.15, 0.2) is 42.6 Å². The molecule has 3 aromatic rings. The van der Waals surface area contributed by atoms with Gasteiger partial charge in [0.25, 0.3) is 5.91 Å². The van der Waals surface area contributed by atoms with Gasteiger partial charge in [0.1, 0.15) is 11.3 Å². The fourth-order valence-corrected chi connectivity index (χ4v) is 2.60. The summed E-state index contributed by atoms with van der Waals surface area (Å²) in [7, 11) is 0. The third-order valence-electron chi connectivity index (χ3n) is 3.70. The van der Waals surface area contributed by atoms with Crippen LogP contribution in [0.25, 0.3) is 5.65 Å². The summed E-state index contributed by atoms with van der Waals surface area (Å²) in [6.07, 6.45) is -3.62. The zero-order valence-electron chi connectivity index (χ0n) is 13.1. The van der Waals surface area contributed by atoms with E-state index >= 15 is 0 Å². The van der Waals surface area contributed by atoms with Crippen molar-refractivity contribution in [3.63, 3.8) is 0 Å². The lowest BCUT2D eigenvalue weighted by molar-refractivity contribution is -0.137. The number of fused-ring (bicyclic) bond motifs is 1. The van der Waals surface area contributed by atoms with E-state index in [2.05, 4.69) is 10.3 Å². The van der Waals surface area contributed by atoms with E-state index in [1.54, 1.807) is 31.2 Å². The van der Waals surface area contributed by atoms with Crippen molar-refractivity contribution in [2.75, 3.05) is 0 Å². The van der Waals surface area contributed by atoms with Crippen LogP contribution in [0.5, 0.6) is 0 Å². The van der Waals surface area contributed by atoms with E-state index in [0.717, 1.165) is 22.2 Å². The normalized spacial score (nSPS) is 11.7. The molecule has 0 saturated heterocycles. The van der Waals surface area contributed by atoms with Gasteiger partial charge >= 0.3 is 6.18 Å². The maximum atomic E-state index is 12.9. The molecular formula is C17H13ClF3N3O. The number of aromatic nitrogens is 2. The van der Waals surface area contributed by atoms with Crippen molar-refractivity contribution >= 4 is 23.2 Å². The summed E-state index contributed by atoms with van der Waals surface area (Å²) in [6.45, 7) is 1.80. The first-order chi connectivity index (χ1) is 11.8. The summed E-state index contributed by atoms with van der Waals surface area (Å²) >= 11 is 5.80. The first-order valence-corrected chi connectivity index (χ1v) is 7.72. The van der Waals surface area contributed by atoms with Gasteiger partial charge in [0, 0.05) is 17.8 Å². The van der Waals surface area contributed by atoms with Crippen molar-refractivity contribution in [2.24, 2.45) is 0 Å². The Morgan fingerprint density at radius 1 is 1.20 bits per heavy atom. The van der Waals surface area contributed by atoms with Crippen LogP contribution in [0.1, 0.15) is 27.3 Å². The SMILES string of the molecule is Cc1nc2ccc(C(F)(F)F)cn2c1C(=O)NCc1ccc(Cl)cc1. The molecule has 0 atom stereocenters. The summed E-state index contributed by atoms with van der Waals surface area (Å²) in [6, 6.07) is 9.08. The van der Waals surface area contributed by atoms with Crippen molar-refractivity contribution < 1.29 is 18.0 Å². The second-order valence-corrected chi connectivity index (χ2v) is 5.94. The number of hydrogen-bond acceptors (Lipinski definition) is 2. The molecule has 130 valence electrons. The molecule has 1 amide bonds. The van der Waals surface area contributed by atoms with Crippen LogP contribution in [0.4, 0.5) is 13.2 Å². The number of carbonyl (C=O) groups is 1.